The minimum atomic E-state index is -4.06. The number of hydrogen-bond donors (Lipinski definition) is 1. The summed E-state index contributed by atoms with van der Waals surface area (Å²) in [6, 6.07) is 12.6. The number of nitrogens with zero attached hydrogens (tertiary/aromatic N) is 3. The SMILES string of the molecule is COc1cc([N+](=O)[O-])ccc1S(=O)(=O)Nc1c(C)nn(-c2ccccc2)c1C. The van der Waals surface area contributed by atoms with Crippen molar-refractivity contribution in [3.05, 3.63) is 70.0 Å². The van der Waals surface area contributed by atoms with E-state index >= 15 is 0 Å². The summed E-state index contributed by atoms with van der Waals surface area (Å²) in [7, 11) is -2.81. The highest BCUT2D eigenvalue weighted by molar-refractivity contribution is 7.92. The third-order valence-corrected chi connectivity index (χ3v) is 5.57. The number of sulfonamides is 1. The molecule has 10 heteroatoms. The number of nitrogens with one attached hydrogen (secondary N) is 1. The van der Waals surface area contributed by atoms with E-state index in [9.17, 15) is 18.5 Å². The van der Waals surface area contributed by atoms with Crippen molar-refractivity contribution >= 4 is 21.4 Å². The normalized spacial score (nSPS) is 11.2. The van der Waals surface area contributed by atoms with Crippen LogP contribution < -0.4 is 9.46 Å². The van der Waals surface area contributed by atoms with Gasteiger partial charge in [-0.1, -0.05) is 18.2 Å². The number of benzene rings is 2. The number of methoxy groups -OCH3 is 1. The number of hydrogen-bond acceptors (Lipinski definition) is 6. The lowest BCUT2D eigenvalue weighted by molar-refractivity contribution is -0.385. The highest BCUT2D eigenvalue weighted by Crippen LogP contribution is 2.31. The van der Waals surface area contributed by atoms with Crippen LogP contribution in [0.5, 0.6) is 5.75 Å². The fourth-order valence-corrected chi connectivity index (χ4v) is 4.12. The number of nitro groups is 1. The standard InChI is InChI=1S/C18H18N4O5S/c1-12-18(13(2)21(19-12)14-7-5-4-6-8-14)20-28(25,26)17-10-9-15(22(23)24)11-16(17)27-3/h4-11,20H,1-3H3. The number of non-ortho nitro benzene ring substituents is 1. The van der Waals surface area contributed by atoms with Gasteiger partial charge in [-0.2, -0.15) is 5.10 Å². The Morgan fingerprint density at radius 2 is 1.82 bits per heavy atom. The highest BCUT2D eigenvalue weighted by Gasteiger charge is 2.25. The molecule has 0 saturated carbocycles. The van der Waals surface area contributed by atoms with Crippen LogP contribution in [-0.4, -0.2) is 30.2 Å². The van der Waals surface area contributed by atoms with Crippen molar-refractivity contribution in [2.24, 2.45) is 0 Å². The van der Waals surface area contributed by atoms with E-state index in [1.807, 2.05) is 30.3 Å². The molecule has 1 aromatic heterocycles. The van der Waals surface area contributed by atoms with Gasteiger partial charge in [0.15, 0.2) is 0 Å². The molecule has 0 aliphatic carbocycles. The zero-order valence-electron chi connectivity index (χ0n) is 15.4. The lowest BCUT2D eigenvalue weighted by Crippen LogP contribution is -2.15. The van der Waals surface area contributed by atoms with E-state index in [0.29, 0.717) is 17.1 Å². The fraction of sp³-hybridized carbons (Fsp3) is 0.167. The Balaban J connectivity index is 2.02. The van der Waals surface area contributed by atoms with Gasteiger partial charge in [0.1, 0.15) is 10.6 Å². The van der Waals surface area contributed by atoms with Crippen LogP contribution in [-0.2, 0) is 10.0 Å². The maximum atomic E-state index is 12.9. The van der Waals surface area contributed by atoms with Gasteiger partial charge in [-0.3, -0.25) is 14.8 Å². The first-order valence-electron chi connectivity index (χ1n) is 8.21. The third kappa shape index (κ3) is 3.54. The van der Waals surface area contributed by atoms with Crippen LogP contribution in [0.25, 0.3) is 5.69 Å². The van der Waals surface area contributed by atoms with Gasteiger partial charge >= 0.3 is 0 Å². The summed E-state index contributed by atoms with van der Waals surface area (Å²) in [4.78, 5) is 10.1. The molecule has 0 spiro atoms. The largest absolute Gasteiger partial charge is 0.495 e. The number of para-hydroxylation sites is 1. The molecule has 146 valence electrons. The van der Waals surface area contributed by atoms with Crippen molar-refractivity contribution in [1.29, 1.82) is 0 Å². The summed E-state index contributed by atoms with van der Waals surface area (Å²) in [5, 5.41) is 15.3. The fourth-order valence-electron chi connectivity index (χ4n) is 2.79. The van der Waals surface area contributed by atoms with Gasteiger partial charge in [-0.05, 0) is 32.0 Å². The molecule has 0 fully saturated rings. The monoisotopic (exact) mass is 402 g/mol. The van der Waals surface area contributed by atoms with Crippen LogP contribution in [0.2, 0.25) is 0 Å². The molecule has 0 amide bonds. The first kappa shape index (κ1) is 19.4. The van der Waals surface area contributed by atoms with E-state index < -0.39 is 14.9 Å². The molecular weight excluding hydrogens is 384 g/mol. The lowest BCUT2D eigenvalue weighted by Gasteiger charge is -2.12. The molecule has 0 aliphatic heterocycles. The van der Waals surface area contributed by atoms with E-state index in [2.05, 4.69) is 9.82 Å². The molecule has 0 aliphatic rings. The van der Waals surface area contributed by atoms with Gasteiger partial charge < -0.3 is 4.74 Å². The molecule has 1 N–H and O–H groups in total. The van der Waals surface area contributed by atoms with E-state index in [4.69, 9.17) is 4.74 Å². The Hall–Kier alpha value is -3.40. The third-order valence-electron chi connectivity index (χ3n) is 4.18. The summed E-state index contributed by atoms with van der Waals surface area (Å²) >= 11 is 0. The van der Waals surface area contributed by atoms with Crippen molar-refractivity contribution in [3.8, 4) is 11.4 Å². The second-order valence-corrected chi connectivity index (χ2v) is 7.64. The number of ether oxygens (including phenoxy) is 1. The number of anilines is 1. The van der Waals surface area contributed by atoms with Crippen LogP contribution in [0, 0.1) is 24.0 Å². The minimum absolute atomic E-state index is 0.118. The summed E-state index contributed by atoms with van der Waals surface area (Å²) in [6.07, 6.45) is 0. The molecule has 0 bridgehead atoms. The predicted octanol–water partition coefficient (Wildman–Crippen LogP) is 3.21. The maximum absolute atomic E-state index is 12.9. The van der Waals surface area contributed by atoms with E-state index in [0.717, 1.165) is 23.9 Å². The molecule has 0 atom stereocenters. The van der Waals surface area contributed by atoms with Gasteiger partial charge in [0.25, 0.3) is 15.7 Å². The van der Waals surface area contributed by atoms with Crippen LogP contribution >= 0.6 is 0 Å². The molecule has 3 aromatic rings. The minimum Gasteiger partial charge on any atom is -0.495 e. The lowest BCUT2D eigenvalue weighted by atomic mass is 10.3. The average molecular weight is 402 g/mol. The van der Waals surface area contributed by atoms with Gasteiger partial charge in [0.05, 0.1) is 40.9 Å². The first-order chi connectivity index (χ1) is 13.2. The van der Waals surface area contributed by atoms with Crippen molar-refractivity contribution in [1.82, 2.24) is 9.78 Å². The molecule has 3 rings (SSSR count). The summed E-state index contributed by atoms with van der Waals surface area (Å²) < 4.78 is 35.0. The Bertz CT molecular complexity index is 1140. The van der Waals surface area contributed by atoms with Crippen molar-refractivity contribution in [3.63, 3.8) is 0 Å². The van der Waals surface area contributed by atoms with Crippen molar-refractivity contribution < 1.29 is 18.1 Å². The summed E-state index contributed by atoms with van der Waals surface area (Å²) in [5.74, 6) is -0.118. The smallest absolute Gasteiger partial charge is 0.273 e. The summed E-state index contributed by atoms with van der Waals surface area (Å²) in [6.45, 7) is 3.44. The van der Waals surface area contributed by atoms with Gasteiger partial charge in [0.2, 0.25) is 0 Å². The van der Waals surface area contributed by atoms with Crippen molar-refractivity contribution in [2.45, 2.75) is 18.7 Å². The molecule has 1 heterocycles. The second-order valence-electron chi connectivity index (χ2n) is 5.99. The Morgan fingerprint density at radius 3 is 2.43 bits per heavy atom. The number of aryl methyl sites for hydroxylation is 1. The molecule has 0 radical (unpaired) electrons. The molecular formula is C18H18N4O5S. The van der Waals surface area contributed by atoms with E-state index in [1.54, 1.807) is 18.5 Å². The second kappa shape index (κ2) is 7.31. The molecule has 0 unspecified atom stereocenters. The molecule has 28 heavy (non-hydrogen) atoms. The quantitative estimate of drug-likeness (QED) is 0.500. The topological polar surface area (TPSA) is 116 Å². The zero-order valence-corrected chi connectivity index (χ0v) is 16.2. The maximum Gasteiger partial charge on any atom is 0.273 e. The Labute approximate surface area is 161 Å². The molecule has 9 nitrogen and oxygen atoms in total. The molecule has 0 saturated heterocycles. The number of nitro benzene ring substituents is 1. The summed E-state index contributed by atoms with van der Waals surface area (Å²) in [5.41, 5.74) is 1.96. The van der Waals surface area contributed by atoms with Crippen LogP contribution in [0.3, 0.4) is 0 Å². The van der Waals surface area contributed by atoms with Crippen LogP contribution in [0.15, 0.2) is 53.4 Å². The van der Waals surface area contributed by atoms with Gasteiger partial charge in [-0.25, -0.2) is 13.1 Å². The van der Waals surface area contributed by atoms with Crippen LogP contribution in [0.1, 0.15) is 11.4 Å². The van der Waals surface area contributed by atoms with E-state index in [-0.39, 0.29) is 16.3 Å². The number of rotatable bonds is 6. The predicted molar refractivity (Wildman–Crippen MR) is 103 cm³/mol. The van der Waals surface area contributed by atoms with Gasteiger partial charge in [0, 0.05) is 6.07 Å². The average Bonchev–Trinajstić information content (AvgIpc) is 2.96. The zero-order chi connectivity index (χ0) is 20.5. The highest BCUT2D eigenvalue weighted by atomic mass is 32.2. The Morgan fingerprint density at radius 1 is 1.14 bits per heavy atom. The van der Waals surface area contributed by atoms with Gasteiger partial charge in [-0.15, -0.1) is 0 Å². The van der Waals surface area contributed by atoms with E-state index in [1.165, 1.54) is 7.11 Å². The van der Waals surface area contributed by atoms with Crippen molar-refractivity contribution in [2.75, 3.05) is 11.8 Å². The van der Waals surface area contributed by atoms with Crippen LogP contribution in [0.4, 0.5) is 11.4 Å². The molecule has 2 aromatic carbocycles. The Kier molecular flexibility index (Phi) is 5.06. The number of aromatic nitrogens is 2. The first-order valence-corrected chi connectivity index (χ1v) is 9.70.